The van der Waals surface area contributed by atoms with Gasteiger partial charge in [-0.15, -0.1) is 0 Å². The summed E-state index contributed by atoms with van der Waals surface area (Å²) in [5, 5.41) is 5.22. The molecular formula is C58H64N2. The summed E-state index contributed by atoms with van der Waals surface area (Å²) in [4.78, 5) is 5.16. The smallest absolute Gasteiger partial charge is 0.0620 e. The van der Waals surface area contributed by atoms with Crippen LogP contribution in [0.1, 0.15) is 149 Å². The first-order valence-electron chi connectivity index (χ1n) is 23.2. The van der Waals surface area contributed by atoms with Gasteiger partial charge < -0.3 is 9.80 Å². The molecule has 0 spiro atoms. The van der Waals surface area contributed by atoms with Crippen LogP contribution in [0.4, 0.5) is 34.1 Å². The summed E-state index contributed by atoms with van der Waals surface area (Å²) in [5.41, 5.74) is 15.5. The Balaban J connectivity index is 1.42. The molecule has 0 amide bonds. The molecule has 2 heteroatoms. The summed E-state index contributed by atoms with van der Waals surface area (Å²) < 4.78 is 0. The highest BCUT2D eigenvalue weighted by Crippen LogP contribution is 2.53. The van der Waals surface area contributed by atoms with Gasteiger partial charge in [-0.1, -0.05) is 150 Å². The largest absolute Gasteiger partial charge is 0.309 e. The third-order valence-electron chi connectivity index (χ3n) is 13.9. The van der Waals surface area contributed by atoms with E-state index < -0.39 is 0 Å². The van der Waals surface area contributed by atoms with Crippen LogP contribution in [0.2, 0.25) is 0 Å². The lowest BCUT2D eigenvalue weighted by Gasteiger charge is -2.34. The number of nitrogens with zero attached hydrogens (tertiary/aromatic N) is 2. The zero-order valence-electron chi connectivity index (χ0n) is 37.0. The van der Waals surface area contributed by atoms with Gasteiger partial charge in [0.25, 0.3) is 0 Å². The van der Waals surface area contributed by atoms with Gasteiger partial charge in [0.05, 0.1) is 11.4 Å². The molecule has 0 atom stereocenters. The Morgan fingerprint density at radius 1 is 0.367 bits per heavy atom. The minimum Gasteiger partial charge on any atom is -0.309 e. The highest BCUT2D eigenvalue weighted by Gasteiger charge is 2.28. The molecule has 0 radical (unpaired) electrons. The maximum absolute atomic E-state index is 2.61. The van der Waals surface area contributed by atoms with Crippen LogP contribution in [0, 0.1) is 13.8 Å². The molecule has 2 aliphatic carbocycles. The van der Waals surface area contributed by atoms with Crippen LogP contribution >= 0.6 is 0 Å². The quantitative estimate of drug-likeness (QED) is 0.101. The Hall–Kier alpha value is -5.34. The summed E-state index contributed by atoms with van der Waals surface area (Å²) in [6.07, 6.45) is 13.0. The zero-order chi connectivity index (χ0) is 41.3. The first-order chi connectivity index (χ1) is 29.2. The van der Waals surface area contributed by atoms with Gasteiger partial charge in [-0.05, 0) is 146 Å². The van der Waals surface area contributed by atoms with Crippen molar-refractivity contribution in [2.75, 3.05) is 9.80 Å². The summed E-state index contributed by atoms with van der Waals surface area (Å²) in [5.74, 6) is 2.09. The van der Waals surface area contributed by atoms with Crippen molar-refractivity contribution >= 4 is 55.7 Å². The van der Waals surface area contributed by atoms with Crippen molar-refractivity contribution in [3.8, 4) is 0 Å². The summed E-state index contributed by atoms with van der Waals surface area (Å²) >= 11 is 0. The van der Waals surface area contributed by atoms with Crippen LogP contribution in [-0.4, -0.2) is 0 Å². The molecule has 0 unspecified atom stereocenters. The molecule has 0 saturated heterocycles. The van der Waals surface area contributed by atoms with E-state index in [-0.39, 0.29) is 0 Å². The van der Waals surface area contributed by atoms with Crippen molar-refractivity contribution in [2.45, 2.75) is 129 Å². The molecule has 0 aliphatic heterocycles. The van der Waals surface area contributed by atoms with Crippen molar-refractivity contribution < 1.29 is 0 Å². The fourth-order valence-electron chi connectivity index (χ4n) is 10.3. The van der Waals surface area contributed by atoms with E-state index in [1.54, 1.807) is 0 Å². The van der Waals surface area contributed by atoms with Crippen molar-refractivity contribution in [3.63, 3.8) is 0 Å². The van der Waals surface area contributed by atoms with E-state index in [0.29, 0.717) is 23.7 Å². The molecule has 7 aromatic carbocycles. The Kier molecular flexibility index (Phi) is 11.6. The van der Waals surface area contributed by atoms with E-state index >= 15 is 0 Å². The summed E-state index contributed by atoms with van der Waals surface area (Å²) in [6, 6.07) is 52.4. The average Bonchev–Trinajstić information content (AvgIpc) is 3.29. The lowest BCUT2D eigenvalue weighted by atomic mass is 9.81. The molecule has 7 aromatic rings. The molecule has 2 nitrogen and oxygen atoms in total. The van der Waals surface area contributed by atoms with Crippen molar-refractivity contribution in [2.24, 2.45) is 0 Å². The van der Waals surface area contributed by atoms with Crippen molar-refractivity contribution in [3.05, 3.63) is 167 Å². The minimum absolute atomic E-state index is 0.464. The standard InChI is InChI=1S/C58H64N2/c1-39(2)43-21-31-51(32-22-43)59(49-27-17-41(5)18-28-49)57-53-35-25-48(46-15-11-8-12-16-46)38-56(53)58(54-36-26-47(37-55(54)57)45-13-9-7-10-14-45)60(50-29-19-42(6)20-30-50)52-33-23-44(24-34-52)40(3)4/h17-40,45-46H,7-16H2,1-6H3. The fraction of sp³-hybridized carbons (Fsp3) is 0.345. The van der Waals surface area contributed by atoms with Gasteiger partial charge in [0, 0.05) is 44.3 Å². The van der Waals surface area contributed by atoms with E-state index in [1.807, 2.05) is 0 Å². The van der Waals surface area contributed by atoms with Gasteiger partial charge >= 0.3 is 0 Å². The van der Waals surface area contributed by atoms with Gasteiger partial charge in [0.15, 0.2) is 0 Å². The van der Waals surface area contributed by atoms with Crippen LogP contribution in [0.3, 0.4) is 0 Å². The molecule has 0 N–H and O–H groups in total. The molecule has 0 bridgehead atoms. The molecule has 60 heavy (non-hydrogen) atoms. The first-order valence-corrected chi connectivity index (χ1v) is 23.2. The van der Waals surface area contributed by atoms with Crippen LogP contribution < -0.4 is 9.80 Å². The van der Waals surface area contributed by atoms with Crippen LogP contribution in [0.5, 0.6) is 0 Å². The monoisotopic (exact) mass is 789 g/mol. The lowest BCUT2D eigenvalue weighted by molar-refractivity contribution is 0.444. The Labute approximate surface area is 360 Å². The van der Waals surface area contributed by atoms with Crippen LogP contribution in [0.25, 0.3) is 21.5 Å². The number of aryl methyl sites for hydroxylation is 2. The van der Waals surface area contributed by atoms with E-state index in [9.17, 15) is 0 Å². The molecule has 0 aromatic heterocycles. The van der Waals surface area contributed by atoms with Gasteiger partial charge in [-0.3, -0.25) is 0 Å². The fourth-order valence-corrected chi connectivity index (χ4v) is 10.3. The second-order valence-electron chi connectivity index (χ2n) is 18.8. The molecule has 9 rings (SSSR count). The van der Waals surface area contributed by atoms with Gasteiger partial charge in [-0.25, -0.2) is 0 Å². The van der Waals surface area contributed by atoms with E-state index in [2.05, 4.69) is 185 Å². The summed E-state index contributed by atoms with van der Waals surface area (Å²) in [6.45, 7) is 13.6. The maximum atomic E-state index is 2.61. The molecule has 306 valence electrons. The van der Waals surface area contributed by atoms with Crippen molar-refractivity contribution in [1.82, 2.24) is 0 Å². The number of rotatable bonds is 10. The minimum atomic E-state index is 0.464. The number of anilines is 6. The van der Waals surface area contributed by atoms with Gasteiger partial charge in [0.2, 0.25) is 0 Å². The van der Waals surface area contributed by atoms with Gasteiger partial charge in [-0.2, -0.15) is 0 Å². The maximum Gasteiger partial charge on any atom is 0.0620 e. The topological polar surface area (TPSA) is 6.48 Å². The predicted octanol–water partition coefficient (Wildman–Crippen LogP) is 17.9. The lowest BCUT2D eigenvalue weighted by Crippen LogP contribution is -2.15. The highest BCUT2D eigenvalue weighted by atomic mass is 15.2. The number of benzene rings is 7. The third-order valence-corrected chi connectivity index (χ3v) is 13.9. The van der Waals surface area contributed by atoms with E-state index in [0.717, 1.165) is 0 Å². The van der Waals surface area contributed by atoms with Crippen LogP contribution in [0.15, 0.2) is 133 Å². The number of fused-ring (bicyclic) bond motifs is 2. The first kappa shape index (κ1) is 40.1. The second-order valence-corrected chi connectivity index (χ2v) is 18.8. The zero-order valence-corrected chi connectivity index (χ0v) is 37.0. The Bertz CT molecular complexity index is 2370. The van der Waals surface area contributed by atoms with Gasteiger partial charge in [0.1, 0.15) is 0 Å². The predicted molar refractivity (Wildman–Crippen MR) is 260 cm³/mol. The number of hydrogen-bond donors (Lipinski definition) is 0. The SMILES string of the molecule is Cc1ccc(N(c2ccc(C(C)C)cc2)c2c3ccc(C4CCCCC4)cc3c(N(c3ccc(C)cc3)c3ccc(C(C)C)cc3)c3ccc(C4CCCCC4)cc23)cc1. The number of hydrogen-bond acceptors (Lipinski definition) is 2. The van der Waals surface area contributed by atoms with Crippen LogP contribution in [-0.2, 0) is 0 Å². The van der Waals surface area contributed by atoms with E-state index in [4.69, 9.17) is 0 Å². The molecule has 2 aliphatic rings. The summed E-state index contributed by atoms with van der Waals surface area (Å²) in [7, 11) is 0. The highest BCUT2D eigenvalue weighted by molar-refractivity contribution is 6.23. The average molecular weight is 789 g/mol. The Morgan fingerprint density at radius 3 is 1.00 bits per heavy atom. The molecule has 2 saturated carbocycles. The molecular weight excluding hydrogens is 725 g/mol. The molecule has 0 heterocycles. The normalized spacial score (nSPS) is 15.3. The van der Waals surface area contributed by atoms with Crippen molar-refractivity contribution in [1.29, 1.82) is 0 Å². The third kappa shape index (κ3) is 7.99. The second kappa shape index (κ2) is 17.3. The van der Waals surface area contributed by atoms with E-state index in [1.165, 1.54) is 153 Å². The Morgan fingerprint density at radius 2 is 0.683 bits per heavy atom. The molecule has 2 fully saturated rings.